The molecule has 0 unspecified atom stereocenters. The highest BCUT2D eigenvalue weighted by atomic mass is 35.5. The summed E-state index contributed by atoms with van der Waals surface area (Å²) in [4.78, 5) is 0. The van der Waals surface area contributed by atoms with E-state index in [0.29, 0.717) is 5.88 Å². The molecular formula is C14H19ClO. The fourth-order valence-corrected chi connectivity index (χ4v) is 1.62. The van der Waals surface area contributed by atoms with E-state index in [9.17, 15) is 0 Å². The van der Waals surface area contributed by atoms with E-state index in [0.717, 1.165) is 25.2 Å². The summed E-state index contributed by atoms with van der Waals surface area (Å²) in [5, 5.41) is 0. The number of alkyl halides is 1. The lowest BCUT2D eigenvalue weighted by Crippen LogP contribution is -1.94. The molecule has 0 amide bonds. The third-order valence-electron chi connectivity index (χ3n) is 2.35. The molecule has 0 fully saturated rings. The van der Waals surface area contributed by atoms with Gasteiger partial charge in [-0.15, -0.1) is 11.6 Å². The van der Waals surface area contributed by atoms with Gasteiger partial charge in [0.1, 0.15) is 5.75 Å². The van der Waals surface area contributed by atoms with Crippen LogP contribution in [0.15, 0.2) is 29.8 Å². The van der Waals surface area contributed by atoms with E-state index in [-0.39, 0.29) is 0 Å². The zero-order chi connectivity index (χ0) is 11.8. The van der Waals surface area contributed by atoms with Gasteiger partial charge >= 0.3 is 0 Å². The highest BCUT2D eigenvalue weighted by molar-refractivity contribution is 6.19. The van der Waals surface area contributed by atoms with Gasteiger partial charge < -0.3 is 4.74 Å². The molecule has 0 N–H and O–H groups in total. The van der Waals surface area contributed by atoms with Gasteiger partial charge in [0, 0.05) is 5.88 Å². The predicted molar refractivity (Wildman–Crippen MR) is 71.2 cm³/mol. The maximum absolute atomic E-state index is 5.82. The van der Waals surface area contributed by atoms with Gasteiger partial charge in [-0.1, -0.05) is 37.6 Å². The molecule has 0 aliphatic carbocycles. The van der Waals surface area contributed by atoms with Crippen LogP contribution in [0.1, 0.15) is 32.3 Å². The maximum atomic E-state index is 5.82. The number of hydrogen-bond donors (Lipinski definition) is 0. The molecule has 0 bridgehead atoms. The summed E-state index contributed by atoms with van der Waals surface area (Å²) in [6, 6.07) is 8.13. The second-order valence-corrected chi connectivity index (χ2v) is 3.97. The van der Waals surface area contributed by atoms with E-state index < -0.39 is 0 Å². The largest absolute Gasteiger partial charge is 0.494 e. The Morgan fingerprint density at radius 1 is 1.25 bits per heavy atom. The zero-order valence-corrected chi connectivity index (χ0v) is 10.8. The van der Waals surface area contributed by atoms with E-state index in [1.807, 2.05) is 12.1 Å². The van der Waals surface area contributed by atoms with Gasteiger partial charge in [0.25, 0.3) is 0 Å². The highest BCUT2D eigenvalue weighted by Gasteiger charge is 1.95. The van der Waals surface area contributed by atoms with Gasteiger partial charge in [-0.2, -0.15) is 0 Å². The molecule has 1 aromatic carbocycles. The molecular weight excluding hydrogens is 220 g/mol. The molecule has 88 valence electrons. The number of hydrogen-bond acceptors (Lipinski definition) is 1. The lowest BCUT2D eigenvalue weighted by molar-refractivity contribution is 0.317. The molecule has 0 heterocycles. The van der Waals surface area contributed by atoms with Crippen LogP contribution in [-0.2, 0) is 0 Å². The summed E-state index contributed by atoms with van der Waals surface area (Å²) in [6.45, 7) is 5.00. The van der Waals surface area contributed by atoms with Crippen LogP contribution in [0.3, 0.4) is 0 Å². The molecule has 0 saturated carbocycles. The summed E-state index contributed by atoms with van der Waals surface area (Å²) < 4.78 is 5.52. The Labute approximate surface area is 103 Å². The van der Waals surface area contributed by atoms with Crippen molar-refractivity contribution < 1.29 is 4.74 Å². The van der Waals surface area contributed by atoms with Crippen LogP contribution in [0.2, 0.25) is 0 Å². The Bertz CT molecular complexity index is 321. The predicted octanol–water partition coefficient (Wildman–Crippen LogP) is 4.51. The van der Waals surface area contributed by atoms with Crippen LogP contribution in [0.25, 0.3) is 6.08 Å². The fraction of sp³-hybridized carbons (Fsp3) is 0.429. The molecule has 0 atom stereocenters. The highest BCUT2D eigenvalue weighted by Crippen LogP contribution is 2.16. The van der Waals surface area contributed by atoms with Gasteiger partial charge in [0.15, 0.2) is 0 Å². The maximum Gasteiger partial charge on any atom is 0.119 e. The number of halogens is 1. The Balaban J connectivity index is 2.67. The van der Waals surface area contributed by atoms with Crippen molar-refractivity contribution in [3.8, 4) is 5.75 Å². The second-order valence-electron chi connectivity index (χ2n) is 3.71. The minimum atomic E-state index is 0.602. The summed E-state index contributed by atoms with van der Waals surface area (Å²) >= 11 is 5.82. The number of benzene rings is 1. The summed E-state index contributed by atoms with van der Waals surface area (Å²) in [7, 11) is 0. The van der Waals surface area contributed by atoms with Gasteiger partial charge in [-0.25, -0.2) is 0 Å². The molecule has 0 aliphatic heterocycles. The van der Waals surface area contributed by atoms with Gasteiger partial charge in [-0.3, -0.25) is 0 Å². The third kappa shape index (κ3) is 4.28. The van der Waals surface area contributed by atoms with Gasteiger partial charge in [0.05, 0.1) is 6.61 Å². The third-order valence-corrected chi connectivity index (χ3v) is 2.69. The minimum absolute atomic E-state index is 0.602. The van der Waals surface area contributed by atoms with Gasteiger partial charge in [0.2, 0.25) is 0 Å². The minimum Gasteiger partial charge on any atom is -0.494 e. The zero-order valence-electron chi connectivity index (χ0n) is 10.0. The fourth-order valence-electron chi connectivity index (χ4n) is 1.35. The van der Waals surface area contributed by atoms with E-state index in [1.165, 1.54) is 11.1 Å². The molecule has 1 rings (SSSR count). The van der Waals surface area contributed by atoms with E-state index >= 15 is 0 Å². The van der Waals surface area contributed by atoms with Crippen molar-refractivity contribution in [2.24, 2.45) is 0 Å². The second kappa shape index (κ2) is 7.34. The molecule has 16 heavy (non-hydrogen) atoms. The van der Waals surface area contributed by atoms with Crippen LogP contribution in [0.4, 0.5) is 0 Å². The van der Waals surface area contributed by atoms with Crippen LogP contribution in [-0.4, -0.2) is 12.5 Å². The first kappa shape index (κ1) is 13.1. The molecule has 0 radical (unpaired) electrons. The SMILES string of the molecule is CCCOc1ccc(C=C(CC)CCl)cc1. The standard InChI is InChI=1S/C14H19ClO/c1-3-9-16-14-7-5-13(6-8-14)10-12(4-2)11-15/h5-8,10H,3-4,9,11H2,1-2H3. The Hall–Kier alpha value is -0.950. The van der Waals surface area contributed by atoms with Crippen molar-refractivity contribution in [2.75, 3.05) is 12.5 Å². The summed E-state index contributed by atoms with van der Waals surface area (Å²) in [6.07, 6.45) is 4.17. The van der Waals surface area contributed by atoms with Crippen LogP contribution in [0.5, 0.6) is 5.75 Å². The first-order valence-corrected chi connectivity index (χ1v) is 6.31. The number of ether oxygens (including phenoxy) is 1. The average Bonchev–Trinajstić information content (AvgIpc) is 2.35. The molecule has 0 aromatic heterocycles. The topological polar surface area (TPSA) is 9.23 Å². The van der Waals surface area contributed by atoms with E-state index in [4.69, 9.17) is 16.3 Å². The van der Waals surface area contributed by atoms with Crippen molar-refractivity contribution in [2.45, 2.75) is 26.7 Å². The van der Waals surface area contributed by atoms with E-state index in [2.05, 4.69) is 32.1 Å². The molecule has 0 saturated heterocycles. The number of rotatable bonds is 6. The quantitative estimate of drug-likeness (QED) is 0.663. The normalized spacial score (nSPS) is 11.6. The Morgan fingerprint density at radius 2 is 1.94 bits per heavy atom. The van der Waals surface area contributed by atoms with Crippen LogP contribution < -0.4 is 4.74 Å². The Kier molecular flexibility index (Phi) is 6.02. The van der Waals surface area contributed by atoms with Crippen molar-refractivity contribution in [3.63, 3.8) is 0 Å². The molecule has 2 heteroatoms. The van der Waals surface area contributed by atoms with Crippen molar-refractivity contribution in [3.05, 3.63) is 35.4 Å². The summed E-state index contributed by atoms with van der Waals surface area (Å²) in [5.41, 5.74) is 2.44. The van der Waals surface area contributed by atoms with Crippen molar-refractivity contribution >= 4 is 17.7 Å². The van der Waals surface area contributed by atoms with Crippen LogP contribution in [0, 0.1) is 0 Å². The first-order chi connectivity index (χ1) is 7.80. The monoisotopic (exact) mass is 238 g/mol. The van der Waals surface area contributed by atoms with E-state index in [1.54, 1.807) is 0 Å². The average molecular weight is 239 g/mol. The van der Waals surface area contributed by atoms with Crippen molar-refractivity contribution in [1.82, 2.24) is 0 Å². The lowest BCUT2D eigenvalue weighted by Gasteiger charge is -2.05. The van der Waals surface area contributed by atoms with Gasteiger partial charge in [-0.05, 0) is 30.5 Å². The molecule has 0 spiro atoms. The first-order valence-electron chi connectivity index (χ1n) is 5.78. The Morgan fingerprint density at radius 3 is 2.44 bits per heavy atom. The summed E-state index contributed by atoms with van der Waals surface area (Å²) in [5.74, 6) is 1.54. The molecule has 0 aliphatic rings. The van der Waals surface area contributed by atoms with Crippen molar-refractivity contribution in [1.29, 1.82) is 0 Å². The smallest absolute Gasteiger partial charge is 0.119 e. The molecule has 1 aromatic rings. The lowest BCUT2D eigenvalue weighted by atomic mass is 10.1. The number of allylic oxidation sites excluding steroid dienone is 1. The van der Waals surface area contributed by atoms with Crippen LogP contribution >= 0.6 is 11.6 Å². The molecule has 1 nitrogen and oxygen atoms in total.